The van der Waals surface area contributed by atoms with Crippen molar-refractivity contribution in [2.24, 2.45) is 0 Å². The maximum Gasteiger partial charge on any atom is 0.306 e. The Labute approximate surface area is 320 Å². The van der Waals surface area contributed by atoms with E-state index in [2.05, 4.69) is 44.2 Å². The lowest BCUT2D eigenvalue weighted by Crippen LogP contribution is -2.59. The second-order valence-electron chi connectivity index (χ2n) is 13.8. The molecule has 1 fully saturated rings. The van der Waals surface area contributed by atoms with Gasteiger partial charge in [-0.2, -0.15) is 0 Å². The van der Waals surface area contributed by atoms with Crippen molar-refractivity contribution in [3.63, 3.8) is 0 Å². The molecule has 10 nitrogen and oxygen atoms in total. The van der Waals surface area contributed by atoms with Gasteiger partial charge in [0.25, 0.3) is 0 Å². The quantitative estimate of drug-likeness (QED) is 0.0231. The monoisotopic (exact) mass is 749 g/mol. The Morgan fingerprint density at radius 2 is 1.13 bits per heavy atom. The third-order valence-electron chi connectivity index (χ3n) is 8.98. The van der Waals surface area contributed by atoms with Crippen LogP contribution < -0.4 is 0 Å². The Hall–Kier alpha value is -2.60. The zero-order valence-corrected chi connectivity index (χ0v) is 32.7. The molecule has 0 amide bonds. The van der Waals surface area contributed by atoms with Gasteiger partial charge in [-0.05, 0) is 57.8 Å². The summed E-state index contributed by atoms with van der Waals surface area (Å²) in [6.07, 6.45) is 32.2. The molecule has 0 bridgehead atoms. The molecule has 1 aliphatic heterocycles. The molecule has 0 aromatic heterocycles. The van der Waals surface area contributed by atoms with Gasteiger partial charge in [0.2, 0.25) is 0 Å². The molecule has 0 aromatic rings. The van der Waals surface area contributed by atoms with E-state index in [9.17, 15) is 30.0 Å². The van der Waals surface area contributed by atoms with Crippen molar-refractivity contribution < 1.29 is 49.0 Å². The summed E-state index contributed by atoms with van der Waals surface area (Å²) in [7, 11) is 0. The summed E-state index contributed by atoms with van der Waals surface area (Å²) in [4.78, 5) is 25.2. The highest BCUT2D eigenvalue weighted by atomic mass is 16.7. The predicted octanol–water partition coefficient (Wildman–Crippen LogP) is 7.88. The fraction of sp³-hybridized carbons (Fsp3) is 0.721. The summed E-state index contributed by atoms with van der Waals surface area (Å²) in [5.41, 5.74) is 0. The molecule has 1 aliphatic rings. The van der Waals surface area contributed by atoms with Crippen molar-refractivity contribution in [1.82, 2.24) is 0 Å². The van der Waals surface area contributed by atoms with E-state index >= 15 is 0 Å². The molecule has 1 rings (SSSR count). The van der Waals surface area contributed by atoms with Gasteiger partial charge in [-0.1, -0.05) is 132 Å². The van der Waals surface area contributed by atoms with Crippen molar-refractivity contribution in [3.05, 3.63) is 60.8 Å². The number of aliphatic hydroxyl groups is 4. The average Bonchev–Trinajstić information content (AvgIpc) is 3.15. The molecule has 1 saturated heterocycles. The molecule has 1 heterocycles. The SMILES string of the molecule is CC/C=C/C=C/C=C/C=C/CCCCCCCC(=O)OC[C@@H](CO[C@H]1O[C@@H](CO)[C@@H](O)C(O)C1O)OC(=O)CCCCCCC/C=C/CCCCCC. The lowest BCUT2D eigenvalue weighted by Gasteiger charge is -2.39. The number of hydrogen-bond acceptors (Lipinski definition) is 10. The van der Waals surface area contributed by atoms with Gasteiger partial charge in [-0.15, -0.1) is 0 Å². The number of rotatable bonds is 32. The number of ether oxygens (including phenoxy) is 4. The zero-order chi connectivity index (χ0) is 38.8. The first-order chi connectivity index (χ1) is 25.8. The van der Waals surface area contributed by atoms with Crippen molar-refractivity contribution in [3.8, 4) is 0 Å². The van der Waals surface area contributed by atoms with Crippen LogP contribution in [0.15, 0.2) is 60.8 Å². The highest BCUT2D eigenvalue weighted by molar-refractivity contribution is 5.70. The van der Waals surface area contributed by atoms with Gasteiger partial charge in [0, 0.05) is 12.8 Å². The Balaban J connectivity index is 2.40. The zero-order valence-electron chi connectivity index (χ0n) is 32.7. The highest BCUT2D eigenvalue weighted by Gasteiger charge is 2.44. The van der Waals surface area contributed by atoms with Crippen LogP contribution in [-0.2, 0) is 28.5 Å². The lowest BCUT2D eigenvalue weighted by atomic mass is 9.99. The normalized spacial score (nSPS) is 21.5. The molecule has 2 unspecified atom stereocenters. The van der Waals surface area contributed by atoms with Crippen LogP contribution in [-0.4, -0.2) is 89.0 Å². The summed E-state index contributed by atoms with van der Waals surface area (Å²) in [6, 6.07) is 0. The van der Waals surface area contributed by atoms with Crippen molar-refractivity contribution in [2.45, 2.75) is 179 Å². The van der Waals surface area contributed by atoms with Gasteiger partial charge in [-0.25, -0.2) is 0 Å². The minimum atomic E-state index is -1.60. The van der Waals surface area contributed by atoms with Gasteiger partial charge in [0.1, 0.15) is 31.0 Å². The third-order valence-corrected chi connectivity index (χ3v) is 8.98. The largest absolute Gasteiger partial charge is 0.462 e. The summed E-state index contributed by atoms with van der Waals surface area (Å²) in [5.74, 6) is -0.851. The highest BCUT2D eigenvalue weighted by Crippen LogP contribution is 2.22. The topological polar surface area (TPSA) is 152 Å². The lowest BCUT2D eigenvalue weighted by molar-refractivity contribution is -0.305. The van der Waals surface area contributed by atoms with Crippen LogP contribution >= 0.6 is 0 Å². The molecule has 10 heteroatoms. The summed E-state index contributed by atoms with van der Waals surface area (Å²) >= 11 is 0. The molecule has 0 radical (unpaired) electrons. The summed E-state index contributed by atoms with van der Waals surface area (Å²) < 4.78 is 22.1. The van der Waals surface area contributed by atoms with Gasteiger partial charge in [0.05, 0.1) is 13.2 Å². The van der Waals surface area contributed by atoms with E-state index < -0.39 is 55.4 Å². The molecule has 304 valence electrons. The first kappa shape index (κ1) is 48.4. The molecule has 0 aromatic carbocycles. The van der Waals surface area contributed by atoms with Crippen molar-refractivity contribution in [2.75, 3.05) is 19.8 Å². The predicted molar refractivity (Wildman–Crippen MR) is 210 cm³/mol. The van der Waals surface area contributed by atoms with Crippen LogP contribution in [0.5, 0.6) is 0 Å². The number of carbonyl (C=O) groups is 2. The fourth-order valence-corrected chi connectivity index (χ4v) is 5.72. The number of esters is 2. The first-order valence-corrected chi connectivity index (χ1v) is 20.4. The van der Waals surface area contributed by atoms with E-state index in [0.29, 0.717) is 12.8 Å². The van der Waals surface area contributed by atoms with Crippen molar-refractivity contribution >= 4 is 11.9 Å². The number of allylic oxidation sites excluding steroid dienone is 10. The van der Waals surface area contributed by atoms with E-state index in [0.717, 1.165) is 77.0 Å². The smallest absolute Gasteiger partial charge is 0.306 e. The molecule has 4 N–H and O–H groups in total. The molecule has 6 atom stereocenters. The van der Waals surface area contributed by atoms with E-state index in [-0.39, 0.29) is 26.1 Å². The molecule has 0 saturated carbocycles. The minimum Gasteiger partial charge on any atom is -0.462 e. The first-order valence-electron chi connectivity index (χ1n) is 20.4. The molecule has 53 heavy (non-hydrogen) atoms. The van der Waals surface area contributed by atoms with Crippen LogP contribution in [0.2, 0.25) is 0 Å². The second kappa shape index (κ2) is 33.9. The Morgan fingerprint density at radius 3 is 1.74 bits per heavy atom. The maximum absolute atomic E-state index is 12.7. The number of hydrogen-bond donors (Lipinski definition) is 4. The minimum absolute atomic E-state index is 0.211. The Bertz CT molecular complexity index is 1050. The summed E-state index contributed by atoms with van der Waals surface area (Å²) in [5, 5.41) is 40.0. The van der Waals surface area contributed by atoms with Crippen LogP contribution in [0, 0.1) is 0 Å². The van der Waals surface area contributed by atoms with Crippen LogP contribution in [0.1, 0.15) is 142 Å². The van der Waals surface area contributed by atoms with Crippen molar-refractivity contribution in [1.29, 1.82) is 0 Å². The van der Waals surface area contributed by atoms with Crippen LogP contribution in [0.3, 0.4) is 0 Å². The van der Waals surface area contributed by atoms with E-state index in [1.807, 2.05) is 30.4 Å². The summed E-state index contributed by atoms with van der Waals surface area (Å²) in [6.45, 7) is 3.21. The maximum atomic E-state index is 12.7. The fourth-order valence-electron chi connectivity index (χ4n) is 5.72. The molecule has 0 spiro atoms. The number of unbranched alkanes of at least 4 members (excludes halogenated alkanes) is 14. The van der Waals surface area contributed by atoms with Gasteiger partial charge in [-0.3, -0.25) is 9.59 Å². The molecular formula is C43H72O10. The number of carbonyl (C=O) groups excluding carboxylic acids is 2. The standard InChI is InChI=1S/C43H72O10/c1-3-5-7-9-11-13-15-17-18-20-21-23-25-27-29-31-38(45)50-34-36(35-51-43-42(49)41(48)40(47)37(33-44)53-43)52-39(46)32-30-28-26-24-22-19-16-14-12-10-8-6-4-2/h5,7,9,11,13-18,36-37,40-44,47-49H,3-4,6,8,10,12,19-35H2,1-2H3/b7-5+,11-9+,15-13+,16-14+,18-17+/t36-,37-,40+,41?,42?,43-/m0/s1. The van der Waals surface area contributed by atoms with Gasteiger partial charge in [0.15, 0.2) is 12.4 Å². The van der Waals surface area contributed by atoms with Gasteiger partial charge < -0.3 is 39.4 Å². The average molecular weight is 749 g/mol. The molecular weight excluding hydrogens is 676 g/mol. The number of aliphatic hydroxyl groups excluding tert-OH is 4. The Morgan fingerprint density at radius 1 is 0.604 bits per heavy atom. The van der Waals surface area contributed by atoms with E-state index in [1.165, 1.54) is 25.7 Å². The van der Waals surface area contributed by atoms with Crippen LogP contribution in [0.4, 0.5) is 0 Å². The Kier molecular flexibility index (Phi) is 31.0. The second-order valence-corrected chi connectivity index (χ2v) is 13.8. The van der Waals surface area contributed by atoms with E-state index in [4.69, 9.17) is 18.9 Å². The third kappa shape index (κ3) is 25.9. The van der Waals surface area contributed by atoms with Crippen LogP contribution in [0.25, 0.3) is 0 Å². The van der Waals surface area contributed by atoms with Gasteiger partial charge >= 0.3 is 11.9 Å². The van der Waals surface area contributed by atoms with E-state index in [1.54, 1.807) is 0 Å². The molecule has 0 aliphatic carbocycles.